The number of benzene rings is 1. The number of thioether (sulfide) groups is 1. The van der Waals surface area contributed by atoms with Crippen molar-refractivity contribution < 1.29 is 14.7 Å². The Hall–Kier alpha value is -1.49. The van der Waals surface area contributed by atoms with Crippen LogP contribution in [0.15, 0.2) is 30.3 Å². The summed E-state index contributed by atoms with van der Waals surface area (Å²) in [6, 6.07) is 8.83. The smallest absolute Gasteiger partial charge is 0.327 e. The summed E-state index contributed by atoms with van der Waals surface area (Å²) in [6.07, 6.45) is 1.77. The van der Waals surface area contributed by atoms with Gasteiger partial charge in [-0.25, -0.2) is 4.79 Å². The van der Waals surface area contributed by atoms with E-state index in [2.05, 4.69) is 6.92 Å². The monoisotopic (exact) mass is 307 g/mol. The Morgan fingerprint density at radius 3 is 2.62 bits per heavy atom. The average molecular weight is 307 g/mol. The van der Waals surface area contributed by atoms with Crippen LogP contribution >= 0.6 is 11.8 Å². The Labute approximate surface area is 129 Å². The van der Waals surface area contributed by atoms with E-state index < -0.39 is 12.0 Å². The van der Waals surface area contributed by atoms with Gasteiger partial charge in [0.2, 0.25) is 5.91 Å². The molecule has 1 heterocycles. The highest BCUT2D eigenvalue weighted by molar-refractivity contribution is 8.00. The summed E-state index contributed by atoms with van der Waals surface area (Å²) < 4.78 is 0. The van der Waals surface area contributed by atoms with Crippen molar-refractivity contribution in [3.05, 3.63) is 35.9 Å². The predicted molar refractivity (Wildman–Crippen MR) is 84.3 cm³/mol. The highest BCUT2D eigenvalue weighted by Gasteiger charge is 2.42. The van der Waals surface area contributed by atoms with Gasteiger partial charge in [-0.05, 0) is 18.9 Å². The zero-order valence-electron chi connectivity index (χ0n) is 12.4. The highest BCUT2D eigenvalue weighted by atomic mass is 32.2. The molecule has 0 bridgehead atoms. The summed E-state index contributed by atoms with van der Waals surface area (Å²) in [5.41, 5.74) is 0.929. The zero-order chi connectivity index (χ0) is 15.4. The molecule has 1 aromatic carbocycles. The third-order valence-electron chi connectivity index (χ3n) is 3.84. The van der Waals surface area contributed by atoms with Crippen molar-refractivity contribution in [2.45, 2.75) is 44.0 Å². The van der Waals surface area contributed by atoms with Crippen LogP contribution in [0, 0.1) is 0 Å². The molecule has 0 aliphatic carbocycles. The first-order valence-corrected chi connectivity index (χ1v) is 8.32. The lowest BCUT2D eigenvalue weighted by Gasteiger charge is -2.30. The minimum Gasteiger partial charge on any atom is -0.480 e. The molecule has 1 saturated heterocycles. The first-order chi connectivity index (χ1) is 10.1. The third kappa shape index (κ3) is 3.40. The minimum absolute atomic E-state index is 0.0187. The molecule has 114 valence electrons. The molecule has 5 heteroatoms. The molecule has 21 heavy (non-hydrogen) atoms. The third-order valence-corrected chi connectivity index (χ3v) is 5.19. The first-order valence-electron chi connectivity index (χ1n) is 7.27. The van der Waals surface area contributed by atoms with Gasteiger partial charge in [-0.1, -0.05) is 43.7 Å². The van der Waals surface area contributed by atoms with Gasteiger partial charge in [-0.3, -0.25) is 4.79 Å². The Morgan fingerprint density at radius 1 is 1.38 bits per heavy atom. The van der Waals surface area contributed by atoms with E-state index in [-0.39, 0.29) is 17.2 Å². The average Bonchev–Trinajstić information content (AvgIpc) is 2.91. The van der Waals surface area contributed by atoms with Crippen molar-refractivity contribution in [1.29, 1.82) is 0 Å². The Balaban J connectivity index is 2.22. The van der Waals surface area contributed by atoms with Gasteiger partial charge in [0.25, 0.3) is 0 Å². The molecule has 0 spiro atoms. The topological polar surface area (TPSA) is 57.6 Å². The highest BCUT2D eigenvalue weighted by Crippen LogP contribution is 2.35. The van der Waals surface area contributed by atoms with Crippen LogP contribution in [0.25, 0.3) is 0 Å². The van der Waals surface area contributed by atoms with Crippen LogP contribution in [-0.4, -0.2) is 39.1 Å². The lowest BCUT2D eigenvalue weighted by atomic mass is 9.99. The molecule has 3 atom stereocenters. The molecular weight excluding hydrogens is 286 g/mol. The zero-order valence-corrected chi connectivity index (χ0v) is 13.2. The summed E-state index contributed by atoms with van der Waals surface area (Å²) >= 11 is 1.58. The molecule has 1 aromatic rings. The SMILES string of the molecule is CCCC1SCC(C(=O)O)N1C(=O)C(C)c1ccccc1. The minimum atomic E-state index is -0.908. The van der Waals surface area contributed by atoms with Crippen molar-refractivity contribution >= 4 is 23.6 Å². The summed E-state index contributed by atoms with van der Waals surface area (Å²) in [6.45, 7) is 3.90. The molecule has 1 amide bonds. The maximum absolute atomic E-state index is 12.8. The van der Waals surface area contributed by atoms with Crippen molar-refractivity contribution in [2.24, 2.45) is 0 Å². The van der Waals surface area contributed by atoms with Gasteiger partial charge in [0.05, 0.1) is 11.3 Å². The van der Waals surface area contributed by atoms with E-state index in [1.165, 1.54) is 0 Å². The van der Waals surface area contributed by atoms with Crippen LogP contribution in [-0.2, 0) is 9.59 Å². The summed E-state index contributed by atoms with van der Waals surface area (Å²) in [7, 11) is 0. The van der Waals surface area contributed by atoms with E-state index in [9.17, 15) is 14.7 Å². The van der Waals surface area contributed by atoms with Crippen LogP contribution in [0.4, 0.5) is 0 Å². The number of carboxylic acid groups (broad SMARTS) is 1. The van der Waals surface area contributed by atoms with E-state index in [0.717, 1.165) is 18.4 Å². The van der Waals surface area contributed by atoms with Gasteiger partial charge < -0.3 is 10.0 Å². The van der Waals surface area contributed by atoms with Crippen molar-refractivity contribution in [2.75, 3.05) is 5.75 Å². The van der Waals surface area contributed by atoms with E-state index in [0.29, 0.717) is 5.75 Å². The predicted octanol–water partition coefficient (Wildman–Crippen LogP) is 2.94. The van der Waals surface area contributed by atoms with E-state index in [4.69, 9.17) is 0 Å². The second-order valence-electron chi connectivity index (χ2n) is 5.31. The summed E-state index contributed by atoms with van der Waals surface area (Å²) in [4.78, 5) is 25.8. The molecular formula is C16H21NO3S. The molecule has 4 nitrogen and oxygen atoms in total. The van der Waals surface area contributed by atoms with E-state index in [1.54, 1.807) is 16.7 Å². The molecule has 0 aromatic heterocycles. The molecule has 1 N–H and O–H groups in total. The molecule has 2 rings (SSSR count). The summed E-state index contributed by atoms with van der Waals surface area (Å²) in [5.74, 6) is -0.828. The van der Waals surface area contributed by atoms with Gasteiger partial charge in [0.15, 0.2) is 0 Å². The van der Waals surface area contributed by atoms with Gasteiger partial charge in [-0.2, -0.15) is 0 Å². The molecule has 1 aliphatic rings. The van der Waals surface area contributed by atoms with Crippen LogP contribution in [0.5, 0.6) is 0 Å². The van der Waals surface area contributed by atoms with E-state index in [1.807, 2.05) is 37.3 Å². The van der Waals surface area contributed by atoms with Crippen LogP contribution in [0.1, 0.15) is 38.2 Å². The van der Waals surface area contributed by atoms with Gasteiger partial charge in [0.1, 0.15) is 6.04 Å². The van der Waals surface area contributed by atoms with Crippen molar-refractivity contribution in [1.82, 2.24) is 4.90 Å². The molecule has 1 aliphatic heterocycles. The fourth-order valence-electron chi connectivity index (χ4n) is 2.63. The second kappa shape index (κ2) is 6.98. The molecule has 1 fully saturated rings. The largest absolute Gasteiger partial charge is 0.480 e. The number of hydrogen-bond donors (Lipinski definition) is 1. The molecule has 3 unspecified atom stereocenters. The quantitative estimate of drug-likeness (QED) is 0.908. The maximum Gasteiger partial charge on any atom is 0.327 e. The standard InChI is InChI=1S/C16H21NO3S/c1-3-7-14-17(13(10-21-14)16(19)20)15(18)11(2)12-8-5-4-6-9-12/h4-6,8-9,11,13-14H,3,7,10H2,1-2H3,(H,19,20). The van der Waals surface area contributed by atoms with Gasteiger partial charge >= 0.3 is 5.97 Å². The number of nitrogens with zero attached hydrogens (tertiary/aromatic N) is 1. The number of carboxylic acids is 1. The van der Waals surface area contributed by atoms with Crippen LogP contribution in [0.3, 0.4) is 0 Å². The van der Waals surface area contributed by atoms with Crippen LogP contribution < -0.4 is 0 Å². The Morgan fingerprint density at radius 2 is 2.05 bits per heavy atom. The Kier molecular flexibility index (Phi) is 5.28. The number of carbonyl (C=O) groups is 2. The second-order valence-corrected chi connectivity index (χ2v) is 6.52. The normalized spacial score (nSPS) is 23.0. The van der Waals surface area contributed by atoms with Gasteiger partial charge in [-0.15, -0.1) is 11.8 Å². The number of carbonyl (C=O) groups excluding carboxylic acids is 1. The number of hydrogen-bond acceptors (Lipinski definition) is 3. The lowest BCUT2D eigenvalue weighted by Crippen LogP contribution is -2.47. The number of rotatable bonds is 5. The van der Waals surface area contributed by atoms with Crippen molar-refractivity contribution in [3.63, 3.8) is 0 Å². The van der Waals surface area contributed by atoms with E-state index >= 15 is 0 Å². The number of aliphatic carboxylic acids is 1. The fraction of sp³-hybridized carbons (Fsp3) is 0.500. The fourth-order valence-corrected chi connectivity index (χ4v) is 4.15. The summed E-state index contributed by atoms with van der Waals surface area (Å²) in [5, 5.41) is 9.34. The molecule has 0 saturated carbocycles. The van der Waals surface area contributed by atoms with Crippen molar-refractivity contribution in [3.8, 4) is 0 Å². The lowest BCUT2D eigenvalue weighted by molar-refractivity contribution is -0.149. The maximum atomic E-state index is 12.8. The first kappa shape index (κ1) is 15.9. The molecule has 0 radical (unpaired) electrons. The Bertz CT molecular complexity index is 506. The number of amides is 1. The van der Waals surface area contributed by atoms with Gasteiger partial charge in [0, 0.05) is 5.75 Å². The van der Waals surface area contributed by atoms with Crippen LogP contribution in [0.2, 0.25) is 0 Å².